The van der Waals surface area contributed by atoms with Crippen molar-refractivity contribution in [2.24, 2.45) is 22.7 Å². The molecule has 0 radical (unpaired) electrons. The molecule has 1 aliphatic heterocycles. The van der Waals surface area contributed by atoms with E-state index in [1.165, 1.54) is 11.1 Å². The summed E-state index contributed by atoms with van der Waals surface area (Å²) in [7, 11) is 0. The molecule has 6 rings (SSSR count). The number of fused-ring (bicyclic) bond motifs is 5. The fourth-order valence-corrected chi connectivity index (χ4v) is 9.43. The highest BCUT2D eigenvalue weighted by atomic mass is 16.3. The number of nitrogens with zero attached hydrogens (tertiary/aromatic N) is 2. The molecule has 2 aromatic carbocycles. The van der Waals surface area contributed by atoms with Gasteiger partial charge in [-0.25, -0.2) is 0 Å². The fourth-order valence-electron chi connectivity index (χ4n) is 9.43. The van der Waals surface area contributed by atoms with E-state index >= 15 is 0 Å². The highest BCUT2D eigenvalue weighted by Crippen LogP contribution is 2.64. The number of phenolic OH excluding ortho intramolecular Hbond substituents is 1. The third kappa shape index (κ3) is 6.53. The molecule has 0 aromatic heterocycles. The Bertz CT molecular complexity index is 1380. The van der Waals surface area contributed by atoms with Crippen LogP contribution in [0.15, 0.2) is 48.5 Å². The van der Waals surface area contributed by atoms with Crippen LogP contribution < -0.4 is 5.32 Å². The topological polar surface area (TPSA) is 93.1 Å². The lowest BCUT2D eigenvalue weighted by Crippen LogP contribution is -2.60. The lowest BCUT2D eigenvalue weighted by Gasteiger charge is -2.54. The average Bonchev–Trinajstić information content (AvgIpc) is 3.26. The Labute approximate surface area is 269 Å². The quantitative estimate of drug-likeness (QED) is 0.394. The van der Waals surface area contributed by atoms with Gasteiger partial charge in [0.15, 0.2) is 0 Å². The van der Waals surface area contributed by atoms with Crippen molar-refractivity contribution in [3.63, 3.8) is 0 Å². The van der Waals surface area contributed by atoms with E-state index in [4.69, 9.17) is 0 Å². The van der Waals surface area contributed by atoms with Crippen LogP contribution in [-0.4, -0.2) is 76.2 Å². The lowest BCUT2D eigenvalue weighted by atomic mass is 9.53. The summed E-state index contributed by atoms with van der Waals surface area (Å²) in [5, 5.41) is 25.4. The van der Waals surface area contributed by atoms with Gasteiger partial charge in [-0.1, -0.05) is 64.1 Å². The molecule has 7 nitrogen and oxygen atoms in total. The van der Waals surface area contributed by atoms with E-state index in [0.717, 1.165) is 57.2 Å². The molecule has 0 unspecified atom stereocenters. The predicted octanol–water partition coefficient (Wildman–Crippen LogP) is 5.29. The Morgan fingerprint density at radius 2 is 1.73 bits per heavy atom. The molecular weight excluding hydrogens is 562 g/mol. The largest absolute Gasteiger partial charge is 0.508 e. The molecule has 45 heavy (non-hydrogen) atoms. The first kappa shape index (κ1) is 32.1. The number of amides is 2. The molecule has 2 amide bonds. The lowest BCUT2D eigenvalue weighted by molar-refractivity contribution is -0.140. The minimum atomic E-state index is -0.735. The second-order valence-electron chi connectivity index (χ2n) is 16.0. The second kappa shape index (κ2) is 12.4. The standard InChI is InChI=1S/C38H53N3O4/c1-36(2,3)24-34(43)39-33(22-26-8-6-5-7-9-26)35(44)41-20-18-40(19-21-41)25-38(45)17-15-32-31-12-10-27-23-28(42)11-13-29(27)30(31)14-16-37(32,38)4/h5-9,11,13,23,30-33,42,45H,10,12,14-22,24-25H2,1-4H3,(H,39,43)/t30-,31-,32+,33+,37+,38-/m1/s1. The number of aliphatic hydroxyl groups is 1. The maximum atomic E-state index is 13.8. The van der Waals surface area contributed by atoms with Crippen LogP contribution in [0.2, 0.25) is 0 Å². The predicted molar refractivity (Wildman–Crippen MR) is 177 cm³/mol. The normalized spacial score (nSPS) is 30.6. The van der Waals surface area contributed by atoms with Crippen LogP contribution in [0.4, 0.5) is 0 Å². The molecule has 0 bridgehead atoms. The number of benzene rings is 2. The second-order valence-corrected chi connectivity index (χ2v) is 16.0. The number of aryl methyl sites for hydroxylation is 1. The number of phenols is 1. The molecule has 0 spiro atoms. The van der Waals surface area contributed by atoms with E-state index in [0.29, 0.717) is 56.0 Å². The fraction of sp³-hybridized carbons (Fsp3) is 0.632. The number of carbonyl (C=O) groups is 2. The summed E-state index contributed by atoms with van der Waals surface area (Å²) in [5.74, 6) is 1.87. The van der Waals surface area contributed by atoms with Crippen LogP contribution in [0, 0.1) is 22.7 Å². The molecule has 4 aliphatic rings. The molecule has 7 heteroatoms. The molecule has 3 aliphatic carbocycles. The number of hydrogen-bond donors (Lipinski definition) is 3. The number of rotatable bonds is 7. The van der Waals surface area contributed by atoms with Gasteiger partial charge in [-0.3, -0.25) is 14.5 Å². The number of nitrogens with one attached hydrogen (secondary N) is 1. The average molecular weight is 616 g/mol. The Morgan fingerprint density at radius 3 is 2.44 bits per heavy atom. The van der Waals surface area contributed by atoms with Crippen molar-refractivity contribution in [1.29, 1.82) is 0 Å². The van der Waals surface area contributed by atoms with Crippen LogP contribution >= 0.6 is 0 Å². The Kier molecular flexibility index (Phi) is 8.81. The molecular formula is C38H53N3O4. The smallest absolute Gasteiger partial charge is 0.245 e. The minimum absolute atomic E-state index is 0.0170. The van der Waals surface area contributed by atoms with Crippen molar-refractivity contribution in [2.75, 3.05) is 32.7 Å². The number of β-amino-alcohol motifs (C(OH)–C–C–N with tert-alkyl or cyclic N) is 1. The van der Waals surface area contributed by atoms with Crippen molar-refractivity contribution < 1.29 is 19.8 Å². The summed E-state index contributed by atoms with van der Waals surface area (Å²) in [6.07, 6.45) is 6.99. The van der Waals surface area contributed by atoms with E-state index < -0.39 is 11.6 Å². The van der Waals surface area contributed by atoms with Crippen LogP contribution in [0.5, 0.6) is 5.75 Å². The van der Waals surface area contributed by atoms with Gasteiger partial charge < -0.3 is 20.4 Å². The molecule has 1 saturated heterocycles. The van der Waals surface area contributed by atoms with Crippen LogP contribution in [0.25, 0.3) is 0 Å². The summed E-state index contributed by atoms with van der Waals surface area (Å²) < 4.78 is 0. The van der Waals surface area contributed by atoms with E-state index in [2.05, 4.69) is 23.2 Å². The monoisotopic (exact) mass is 615 g/mol. The van der Waals surface area contributed by atoms with Crippen LogP contribution in [0.3, 0.4) is 0 Å². The maximum Gasteiger partial charge on any atom is 0.245 e. The number of carbonyl (C=O) groups excluding carboxylic acids is 2. The third-order valence-electron chi connectivity index (χ3n) is 11.8. The van der Waals surface area contributed by atoms with E-state index in [1.807, 2.05) is 68.1 Å². The Balaban J connectivity index is 1.08. The molecule has 1 heterocycles. The first-order valence-corrected chi connectivity index (χ1v) is 17.2. The van der Waals surface area contributed by atoms with Gasteiger partial charge in [-0.2, -0.15) is 0 Å². The van der Waals surface area contributed by atoms with Gasteiger partial charge in [0.2, 0.25) is 11.8 Å². The molecule has 6 atom stereocenters. The SMILES string of the molecule is CC(C)(C)CC(=O)N[C@@H](Cc1ccccc1)C(=O)N1CCN(C[C@]2(O)CC[C@H]3[C@@H]4CCc5cc(O)ccc5[C@H]4CC[C@@]32C)CC1. The van der Waals surface area contributed by atoms with Crippen molar-refractivity contribution >= 4 is 11.8 Å². The first-order valence-electron chi connectivity index (χ1n) is 17.2. The summed E-state index contributed by atoms with van der Waals surface area (Å²) >= 11 is 0. The summed E-state index contributed by atoms with van der Waals surface area (Å²) in [4.78, 5) is 31.0. The van der Waals surface area contributed by atoms with Crippen molar-refractivity contribution in [2.45, 2.75) is 96.6 Å². The van der Waals surface area contributed by atoms with Gasteiger partial charge in [0.25, 0.3) is 0 Å². The summed E-state index contributed by atoms with van der Waals surface area (Å²) in [6, 6.07) is 15.3. The van der Waals surface area contributed by atoms with Crippen molar-refractivity contribution in [3.05, 3.63) is 65.2 Å². The van der Waals surface area contributed by atoms with Gasteiger partial charge >= 0.3 is 0 Å². The van der Waals surface area contributed by atoms with Gasteiger partial charge in [0, 0.05) is 51.0 Å². The first-order chi connectivity index (χ1) is 21.3. The number of hydrogen-bond acceptors (Lipinski definition) is 5. The summed E-state index contributed by atoms with van der Waals surface area (Å²) in [5.41, 5.74) is 2.75. The molecule has 2 aromatic rings. The molecule has 3 N–H and O–H groups in total. The van der Waals surface area contributed by atoms with Gasteiger partial charge in [-0.05, 0) is 90.5 Å². The maximum absolute atomic E-state index is 13.8. The highest BCUT2D eigenvalue weighted by molar-refractivity contribution is 5.88. The third-order valence-corrected chi connectivity index (χ3v) is 11.8. The van der Waals surface area contributed by atoms with E-state index in [1.54, 1.807) is 0 Å². The van der Waals surface area contributed by atoms with Gasteiger partial charge in [0.1, 0.15) is 11.8 Å². The highest BCUT2D eigenvalue weighted by Gasteiger charge is 2.61. The Morgan fingerprint density at radius 1 is 1.00 bits per heavy atom. The minimum Gasteiger partial charge on any atom is -0.508 e. The zero-order chi connectivity index (χ0) is 32.0. The van der Waals surface area contributed by atoms with Crippen LogP contribution in [-0.2, 0) is 22.4 Å². The number of piperazine rings is 1. The number of aromatic hydroxyl groups is 1. The van der Waals surface area contributed by atoms with Gasteiger partial charge in [-0.15, -0.1) is 0 Å². The Hall–Kier alpha value is -2.90. The zero-order valence-electron chi connectivity index (χ0n) is 27.7. The van der Waals surface area contributed by atoms with Crippen molar-refractivity contribution in [1.82, 2.24) is 15.1 Å². The van der Waals surface area contributed by atoms with E-state index in [-0.39, 0.29) is 22.6 Å². The summed E-state index contributed by atoms with van der Waals surface area (Å²) in [6.45, 7) is 11.8. The van der Waals surface area contributed by atoms with Crippen molar-refractivity contribution in [3.8, 4) is 5.75 Å². The molecule has 2 saturated carbocycles. The van der Waals surface area contributed by atoms with Gasteiger partial charge in [0.05, 0.1) is 5.60 Å². The van der Waals surface area contributed by atoms with Crippen LogP contribution in [0.1, 0.15) is 88.8 Å². The zero-order valence-corrected chi connectivity index (χ0v) is 27.7. The molecule has 244 valence electrons. The molecule has 3 fully saturated rings. The van der Waals surface area contributed by atoms with E-state index in [9.17, 15) is 19.8 Å².